The number of nitrogens with one attached hydrogen (secondary N) is 2. The van der Waals surface area contributed by atoms with Gasteiger partial charge in [-0.1, -0.05) is 6.07 Å². The van der Waals surface area contributed by atoms with Gasteiger partial charge in [0, 0.05) is 61.6 Å². The highest BCUT2D eigenvalue weighted by Crippen LogP contribution is 2.34. The number of likely N-dealkylation sites (N-methyl/N-ethyl adjacent to an activating group) is 1. The first-order valence-corrected chi connectivity index (χ1v) is 13.5. The summed E-state index contributed by atoms with van der Waals surface area (Å²) in [4.78, 5) is 36.3. The van der Waals surface area contributed by atoms with Crippen LogP contribution in [-0.4, -0.2) is 59.8 Å². The molecule has 1 aliphatic heterocycles. The maximum Gasteiger partial charge on any atom is 0.416 e. The molecule has 2 aromatic carbocycles. The maximum atomic E-state index is 13.7. The van der Waals surface area contributed by atoms with E-state index in [-0.39, 0.29) is 11.3 Å². The lowest BCUT2D eigenvalue weighted by Gasteiger charge is -2.34. The number of benzene rings is 2. The number of hydrogen-bond donors (Lipinski definition) is 2. The smallest absolute Gasteiger partial charge is 0.369 e. The van der Waals surface area contributed by atoms with Gasteiger partial charge in [0.1, 0.15) is 5.65 Å². The van der Waals surface area contributed by atoms with E-state index in [9.17, 15) is 22.8 Å². The monoisotopic (exact) mass is 563 g/mol. The number of Topliss-reactive ketones (excluding diaryl/α,β-unsaturated/α-hetero) is 1. The topological polar surface area (TPSA) is 81.3 Å². The van der Waals surface area contributed by atoms with E-state index in [1.54, 1.807) is 18.3 Å². The minimum atomic E-state index is -4.57. The van der Waals surface area contributed by atoms with Crippen LogP contribution < -0.4 is 10.2 Å². The second-order valence-corrected chi connectivity index (χ2v) is 10.7. The van der Waals surface area contributed by atoms with E-state index < -0.39 is 17.6 Å². The zero-order chi connectivity index (χ0) is 29.3. The molecule has 10 heteroatoms. The van der Waals surface area contributed by atoms with Crippen LogP contribution in [0.25, 0.3) is 11.0 Å². The van der Waals surface area contributed by atoms with E-state index in [4.69, 9.17) is 0 Å². The maximum absolute atomic E-state index is 13.7. The molecule has 2 N–H and O–H groups in total. The number of fused-ring (bicyclic) bond motifs is 1. The Hall–Kier alpha value is -4.18. The van der Waals surface area contributed by atoms with E-state index in [2.05, 4.69) is 20.2 Å². The highest BCUT2D eigenvalue weighted by Gasteiger charge is 2.32. The number of H-pyrrole nitrogens is 1. The van der Waals surface area contributed by atoms with Crippen LogP contribution in [0.3, 0.4) is 0 Å². The molecule has 0 radical (unpaired) electrons. The Morgan fingerprint density at radius 2 is 1.76 bits per heavy atom. The van der Waals surface area contributed by atoms with Crippen molar-refractivity contribution in [3.8, 4) is 0 Å². The fourth-order valence-electron chi connectivity index (χ4n) is 5.04. The first kappa shape index (κ1) is 28.4. The quantitative estimate of drug-likeness (QED) is 0.275. The van der Waals surface area contributed by atoms with E-state index >= 15 is 0 Å². The molecule has 2 aromatic heterocycles. The molecule has 5 rings (SSSR count). The minimum absolute atomic E-state index is 0.0355. The number of anilines is 2. The number of alkyl halides is 3. The zero-order valence-corrected chi connectivity index (χ0v) is 23.2. The van der Waals surface area contributed by atoms with Crippen LogP contribution in [0, 0.1) is 6.92 Å². The van der Waals surface area contributed by atoms with Crippen molar-refractivity contribution in [2.24, 2.45) is 0 Å². The van der Waals surface area contributed by atoms with Crippen LogP contribution in [0.4, 0.5) is 24.5 Å². The molecule has 7 nitrogen and oxygen atoms in total. The van der Waals surface area contributed by atoms with Gasteiger partial charge in [0.15, 0.2) is 5.78 Å². The fourth-order valence-corrected chi connectivity index (χ4v) is 5.04. The average Bonchev–Trinajstić information content (AvgIpc) is 3.37. The second kappa shape index (κ2) is 11.4. The molecule has 0 saturated carbocycles. The molecule has 1 saturated heterocycles. The van der Waals surface area contributed by atoms with Crippen molar-refractivity contribution in [3.63, 3.8) is 0 Å². The SMILES string of the molecule is CC(=O)c1cc2cc(CCc3cc(NC(=O)c4cc(N5CCN(C)CC5)cc(C(F)(F)F)c4)ccc3C)cnc2[nH]1. The summed E-state index contributed by atoms with van der Waals surface area (Å²) < 4.78 is 41.2. The van der Waals surface area contributed by atoms with Crippen molar-refractivity contribution in [2.75, 3.05) is 43.4 Å². The molecule has 1 fully saturated rings. The molecule has 41 heavy (non-hydrogen) atoms. The first-order chi connectivity index (χ1) is 19.5. The summed E-state index contributed by atoms with van der Waals surface area (Å²) in [6.45, 7) is 6.12. The van der Waals surface area contributed by atoms with Gasteiger partial charge in [0.25, 0.3) is 5.91 Å². The number of hydrogen-bond acceptors (Lipinski definition) is 5. The third-order valence-corrected chi connectivity index (χ3v) is 7.57. The number of halogens is 3. The minimum Gasteiger partial charge on any atom is -0.369 e. The summed E-state index contributed by atoms with van der Waals surface area (Å²) in [6, 6.07) is 12.8. The number of nitrogens with zero attached hydrogens (tertiary/aromatic N) is 3. The van der Waals surface area contributed by atoms with Gasteiger partial charge in [-0.3, -0.25) is 9.59 Å². The van der Waals surface area contributed by atoms with Gasteiger partial charge in [-0.05, 0) is 86.0 Å². The summed E-state index contributed by atoms with van der Waals surface area (Å²) in [7, 11) is 1.97. The number of carbonyl (C=O) groups excluding carboxylic acids is 2. The van der Waals surface area contributed by atoms with Crippen molar-refractivity contribution in [3.05, 3.63) is 88.2 Å². The first-order valence-electron chi connectivity index (χ1n) is 13.5. The van der Waals surface area contributed by atoms with Gasteiger partial charge in [-0.25, -0.2) is 4.98 Å². The van der Waals surface area contributed by atoms with E-state index in [0.29, 0.717) is 48.6 Å². The van der Waals surface area contributed by atoms with Gasteiger partial charge in [0.05, 0.1) is 11.3 Å². The lowest BCUT2D eigenvalue weighted by Crippen LogP contribution is -2.44. The number of piperazine rings is 1. The Morgan fingerprint density at radius 1 is 1.00 bits per heavy atom. The number of aromatic amines is 1. The summed E-state index contributed by atoms with van der Waals surface area (Å²) in [6.07, 6.45) is -1.44. The largest absolute Gasteiger partial charge is 0.416 e. The molecule has 214 valence electrons. The number of ketones is 1. The van der Waals surface area contributed by atoms with Crippen LogP contribution in [0.1, 0.15) is 50.0 Å². The van der Waals surface area contributed by atoms with Crippen molar-refractivity contribution in [1.82, 2.24) is 14.9 Å². The number of pyridine rings is 1. The van der Waals surface area contributed by atoms with Gasteiger partial charge in [-0.15, -0.1) is 0 Å². The zero-order valence-electron chi connectivity index (χ0n) is 23.2. The van der Waals surface area contributed by atoms with Crippen LogP contribution in [0.15, 0.2) is 54.7 Å². The molecule has 4 aromatic rings. The molecule has 0 spiro atoms. The van der Waals surface area contributed by atoms with E-state index in [1.165, 1.54) is 13.0 Å². The summed E-state index contributed by atoms with van der Waals surface area (Å²) in [5.41, 5.74) is 4.24. The van der Waals surface area contributed by atoms with Gasteiger partial charge < -0.3 is 20.1 Å². The Kier molecular flexibility index (Phi) is 7.86. The number of amides is 1. The standard InChI is InChI=1S/C31H32F3N5O2/c1-19-4-7-26(14-22(19)6-5-21-12-23-16-28(20(2)40)37-29(23)35-18-21)36-30(41)24-13-25(31(32,33)34)17-27(15-24)39-10-8-38(3)9-11-39/h4,7,12-18H,5-6,8-11H2,1-3H3,(H,35,37)(H,36,41). The summed E-state index contributed by atoms with van der Waals surface area (Å²) in [5.74, 6) is -0.649. The molecule has 0 aliphatic carbocycles. The molecule has 0 unspecified atom stereocenters. The fraction of sp³-hybridized carbons (Fsp3) is 0.323. The molecule has 3 heterocycles. The molecule has 1 aliphatic rings. The third-order valence-electron chi connectivity index (χ3n) is 7.57. The van der Waals surface area contributed by atoms with Gasteiger partial charge >= 0.3 is 6.18 Å². The van der Waals surface area contributed by atoms with Crippen molar-refractivity contribution < 1.29 is 22.8 Å². The Bertz CT molecular complexity index is 1600. The molecular formula is C31H32F3N5O2. The van der Waals surface area contributed by atoms with E-state index in [0.717, 1.165) is 47.3 Å². The Balaban J connectivity index is 1.33. The third kappa shape index (κ3) is 6.59. The number of rotatable bonds is 7. The Labute approximate surface area is 236 Å². The van der Waals surface area contributed by atoms with E-state index in [1.807, 2.05) is 37.1 Å². The lowest BCUT2D eigenvalue weighted by atomic mass is 10.00. The Morgan fingerprint density at radius 3 is 2.46 bits per heavy atom. The highest BCUT2D eigenvalue weighted by atomic mass is 19.4. The summed E-state index contributed by atoms with van der Waals surface area (Å²) in [5, 5.41) is 3.66. The average molecular weight is 564 g/mol. The molecular weight excluding hydrogens is 531 g/mol. The molecule has 0 bridgehead atoms. The van der Waals surface area contributed by atoms with Gasteiger partial charge in [-0.2, -0.15) is 13.2 Å². The normalized spacial score (nSPS) is 14.4. The number of aryl methyl sites for hydroxylation is 3. The predicted octanol–water partition coefficient (Wildman–Crippen LogP) is 5.88. The van der Waals surface area contributed by atoms with Crippen molar-refractivity contribution in [2.45, 2.75) is 32.9 Å². The van der Waals surface area contributed by atoms with Crippen LogP contribution >= 0.6 is 0 Å². The number of carbonyl (C=O) groups is 2. The van der Waals surface area contributed by atoms with Crippen molar-refractivity contribution in [1.29, 1.82) is 0 Å². The number of aromatic nitrogens is 2. The van der Waals surface area contributed by atoms with Crippen LogP contribution in [-0.2, 0) is 19.0 Å². The summed E-state index contributed by atoms with van der Waals surface area (Å²) >= 11 is 0. The molecule has 0 atom stereocenters. The lowest BCUT2D eigenvalue weighted by molar-refractivity contribution is -0.137. The van der Waals surface area contributed by atoms with Gasteiger partial charge in [0.2, 0.25) is 0 Å². The van der Waals surface area contributed by atoms with Crippen LogP contribution in [0.2, 0.25) is 0 Å². The molecule has 1 amide bonds. The second-order valence-electron chi connectivity index (χ2n) is 10.7. The predicted molar refractivity (Wildman–Crippen MR) is 154 cm³/mol. The van der Waals surface area contributed by atoms with Crippen molar-refractivity contribution >= 4 is 34.1 Å². The highest BCUT2D eigenvalue weighted by molar-refractivity contribution is 6.05. The van der Waals surface area contributed by atoms with Crippen LogP contribution in [0.5, 0.6) is 0 Å².